The predicted octanol–water partition coefficient (Wildman–Crippen LogP) is 2.02. The van der Waals surface area contributed by atoms with Gasteiger partial charge in [-0.3, -0.25) is 4.21 Å². The average molecular weight is 267 g/mol. The van der Waals surface area contributed by atoms with Crippen molar-refractivity contribution in [3.05, 3.63) is 24.0 Å². The molecule has 0 radical (unpaired) electrons. The van der Waals surface area contributed by atoms with Crippen LogP contribution >= 0.6 is 0 Å². The second-order valence-electron chi connectivity index (χ2n) is 4.51. The molecule has 1 saturated heterocycles. The maximum Gasteiger partial charge on any atom is 0.201 e. The van der Waals surface area contributed by atoms with Crippen LogP contribution in [-0.2, 0) is 10.8 Å². The van der Waals surface area contributed by atoms with Crippen LogP contribution in [0.3, 0.4) is 0 Å². The molecule has 6 heteroatoms. The normalized spacial score (nSPS) is 24.3. The highest BCUT2D eigenvalue weighted by molar-refractivity contribution is 7.85. The van der Waals surface area contributed by atoms with Crippen molar-refractivity contribution >= 4 is 27.8 Å². The molecule has 0 spiro atoms. The summed E-state index contributed by atoms with van der Waals surface area (Å²) < 4.78 is 24.3. The van der Waals surface area contributed by atoms with E-state index in [9.17, 15) is 8.60 Å². The van der Waals surface area contributed by atoms with E-state index in [1.807, 2.05) is 0 Å². The molecule has 2 heterocycles. The second-order valence-corrected chi connectivity index (χ2v) is 6.21. The van der Waals surface area contributed by atoms with E-state index in [0.29, 0.717) is 17.5 Å². The molecule has 1 fully saturated rings. The lowest BCUT2D eigenvalue weighted by atomic mass is 10.2. The monoisotopic (exact) mass is 267 g/mol. The Hall–Kier alpha value is -1.43. The molecule has 1 aromatic carbocycles. The van der Waals surface area contributed by atoms with Gasteiger partial charge in [-0.05, 0) is 31.0 Å². The van der Waals surface area contributed by atoms with Crippen LogP contribution in [0.1, 0.15) is 12.8 Å². The molecule has 1 aliphatic rings. The number of nitrogens with one attached hydrogen (secondary N) is 2. The van der Waals surface area contributed by atoms with E-state index in [2.05, 4.69) is 15.3 Å². The molecule has 1 aromatic heterocycles. The number of nitrogens with zero attached hydrogens (tertiary/aromatic N) is 1. The smallest absolute Gasteiger partial charge is 0.201 e. The first kappa shape index (κ1) is 11.6. The molecule has 1 aliphatic heterocycles. The van der Waals surface area contributed by atoms with E-state index in [1.165, 1.54) is 12.1 Å². The van der Waals surface area contributed by atoms with E-state index in [0.717, 1.165) is 29.9 Å². The van der Waals surface area contributed by atoms with Gasteiger partial charge < -0.3 is 10.3 Å². The summed E-state index contributed by atoms with van der Waals surface area (Å²) in [5, 5.41) is 3.29. The summed E-state index contributed by atoms with van der Waals surface area (Å²) in [5.41, 5.74) is 1.44. The van der Waals surface area contributed by atoms with Gasteiger partial charge >= 0.3 is 0 Å². The Bertz CT molecular complexity index is 588. The topological polar surface area (TPSA) is 57.8 Å². The van der Waals surface area contributed by atoms with E-state index >= 15 is 0 Å². The van der Waals surface area contributed by atoms with E-state index < -0.39 is 10.8 Å². The van der Waals surface area contributed by atoms with Gasteiger partial charge in [-0.15, -0.1) is 0 Å². The van der Waals surface area contributed by atoms with Crippen LogP contribution in [-0.4, -0.2) is 31.7 Å². The van der Waals surface area contributed by atoms with Crippen molar-refractivity contribution < 1.29 is 8.60 Å². The molecule has 4 nitrogen and oxygen atoms in total. The lowest BCUT2D eigenvalue weighted by Gasteiger charge is -2.21. The van der Waals surface area contributed by atoms with Gasteiger partial charge in [0.2, 0.25) is 5.95 Å². The number of hydrogen-bond acceptors (Lipinski definition) is 3. The minimum absolute atomic E-state index is 0.272. The Kier molecular flexibility index (Phi) is 3.03. The number of H-pyrrole nitrogens is 1. The number of aromatic amines is 1. The van der Waals surface area contributed by atoms with Gasteiger partial charge in [-0.1, -0.05) is 0 Å². The van der Waals surface area contributed by atoms with E-state index in [-0.39, 0.29) is 5.82 Å². The fraction of sp³-hybridized carbons (Fsp3) is 0.417. The van der Waals surface area contributed by atoms with Crippen molar-refractivity contribution in [3.8, 4) is 0 Å². The van der Waals surface area contributed by atoms with Crippen molar-refractivity contribution in [2.24, 2.45) is 0 Å². The minimum Gasteiger partial charge on any atom is -0.353 e. The Labute approximate surface area is 106 Å². The fourth-order valence-corrected chi connectivity index (χ4v) is 3.48. The fourth-order valence-electron chi connectivity index (χ4n) is 2.18. The molecule has 2 N–H and O–H groups in total. The van der Waals surface area contributed by atoms with Gasteiger partial charge in [-0.2, -0.15) is 0 Å². The standard InChI is InChI=1S/C12H14FN3OS/c13-8-1-2-10-11(7-8)16-12(15-10)14-9-3-5-18(17)6-4-9/h1-2,7,9H,3-6H2,(H2,14,15,16). The molecule has 0 saturated carbocycles. The largest absolute Gasteiger partial charge is 0.353 e. The predicted molar refractivity (Wildman–Crippen MR) is 70.6 cm³/mol. The van der Waals surface area contributed by atoms with Gasteiger partial charge in [0.25, 0.3) is 0 Å². The first-order valence-electron chi connectivity index (χ1n) is 5.97. The maximum atomic E-state index is 13.0. The molecule has 0 bridgehead atoms. The lowest BCUT2D eigenvalue weighted by Crippen LogP contribution is -2.29. The highest BCUT2D eigenvalue weighted by Gasteiger charge is 2.18. The molecule has 96 valence electrons. The number of halogens is 1. The van der Waals surface area contributed by atoms with Crippen LogP contribution in [0.4, 0.5) is 10.3 Å². The summed E-state index contributed by atoms with van der Waals surface area (Å²) in [4.78, 5) is 7.41. The van der Waals surface area contributed by atoms with Crippen molar-refractivity contribution in [3.63, 3.8) is 0 Å². The number of rotatable bonds is 2. The van der Waals surface area contributed by atoms with Gasteiger partial charge in [0, 0.05) is 28.3 Å². The van der Waals surface area contributed by atoms with Crippen molar-refractivity contribution in [2.45, 2.75) is 18.9 Å². The van der Waals surface area contributed by atoms with Crippen LogP contribution in [0, 0.1) is 5.82 Å². The number of imidazole rings is 1. The zero-order valence-electron chi connectivity index (χ0n) is 9.78. The van der Waals surface area contributed by atoms with Gasteiger partial charge in [0.1, 0.15) is 5.82 Å². The van der Waals surface area contributed by atoms with Gasteiger partial charge in [0.15, 0.2) is 0 Å². The number of hydrogen-bond donors (Lipinski definition) is 2. The molecule has 0 amide bonds. The summed E-state index contributed by atoms with van der Waals surface area (Å²) in [6.07, 6.45) is 1.77. The summed E-state index contributed by atoms with van der Waals surface area (Å²) >= 11 is 0. The quantitative estimate of drug-likeness (QED) is 0.875. The van der Waals surface area contributed by atoms with Crippen molar-refractivity contribution in [1.82, 2.24) is 9.97 Å². The summed E-state index contributed by atoms with van der Waals surface area (Å²) in [7, 11) is -0.657. The number of aromatic nitrogens is 2. The molecule has 3 rings (SSSR count). The number of anilines is 1. The average Bonchev–Trinajstić information content (AvgIpc) is 2.73. The third-order valence-corrected chi connectivity index (χ3v) is 4.55. The van der Waals surface area contributed by atoms with E-state index in [1.54, 1.807) is 6.07 Å². The number of benzene rings is 1. The van der Waals surface area contributed by atoms with Gasteiger partial charge in [0.05, 0.1) is 11.0 Å². The highest BCUT2D eigenvalue weighted by Crippen LogP contribution is 2.18. The van der Waals surface area contributed by atoms with Gasteiger partial charge in [-0.25, -0.2) is 9.37 Å². The Morgan fingerprint density at radius 2 is 2.17 bits per heavy atom. The third kappa shape index (κ3) is 2.38. The van der Waals surface area contributed by atoms with Crippen molar-refractivity contribution in [2.75, 3.05) is 16.8 Å². The van der Waals surface area contributed by atoms with Crippen LogP contribution < -0.4 is 5.32 Å². The highest BCUT2D eigenvalue weighted by atomic mass is 32.2. The SMILES string of the molecule is O=S1CCC(Nc2nc3ccc(F)cc3[nH]2)CC1. The van der Waals surface area contributed by atoms with Crippen LogP contribution in [0.25, 0.3) is 11.0 Å². The molecule has 18 heavy (non-hydrogen) atoms. The zero-order chi connectivity index (χ0) is 12.5. The molecule has 2 aromatic rings. The Morgan fingerprint density at radius 3 is 2.94 bits per heavy atom. The van der Waals surface area contributed by atoms with Crippen LogP contribution in [0.2, 0.25) is 0 Å². The Balaban J connectivity index is 1.76. The van der Waals surface area contributed by atoms with Crippen LogP contribution in [0.15, 0.2) is 18.2 Å². The lowest BCUT2D eigenvalue weighted by molar-refractivity contribution is 0.621. The second kappa shape index (κ2) is 4.68. The van der Waals surface area contributed by atoms with E-state index in [4.69, 9.17) is 0 Å². The van der Waals surface area contributed by atoms with Crippen molar-refractivity contribution in [1.29, 1.82) is 0 Å². The molecular weight excluding hydrogens is 253 g/mol. The molecule has 0 aliphatic carbocycles. The zero-order valence-corrected chi connectivity index (χ0v) is 10.6. The summed E-state index contributed by atoms with van der Waals surface area (Å²) in [6.45, 7) is 0. The molecular formula is C12H14FN3OS. The third-order valence-electron chi connectivity index (χ3n) is 3.17. The molecule has 0 unspecified atom stereocenters. The van der Waals surface area contributed by atoms with Crippen LogP contribution in [0.5, 0.6) is 0 Å². The Morgan fingerprint density at radius 1 is 1.39 bits per heavy atom. The first-order chi connectivity index (χ1) is 8.70. The number of fused-ring (bicyclic) bond motifs is 1. The molecule has 0 atom stereocenters. The summed E-state index contributed by atoms with van der Waals surface area (Å²) in [6, 6.07) is 4.79. The first-order valence-corrected chi connectivity index (χ1v) is 7.46. The summed E-state index contributed by atoms with van der Waals surface area (Å²) in [5.74, 6) is 1.87. The minimum atomic E-state index is -0.657. The maximum absolute atomic E-state index is 13.0.